The van der Waals surface area contributed by atoms with E-state index in [1.165, 1.54) is 0 Å². The van der Waals surface area contributed by atoms with Crippen molar-refractivity contribution in [2.45, 2.75) is 0 Å². The zero-order chi connectivity index (χ0) is 15.5. The van der Waals surface area contributed by atoms with Gasteiger partial charge in [-0.3, -0.25) is 4.98 Å². The largest absolute Gasteiger partial charge is 0.436 e. The van der Waals surface area contributed by atoms with Crippen LogP contribution in [0.2, 0.25) is 0 Å². The minimum atomic E-state index is 0.649. The second kappa shape index (κ2) is 5.89. The van der Waals surface area contributed by atoms with Crippen molar-refractivity contribution in [3.05, 3.63) is 84.2 Å². The van der Waals surface area contributed by atoms with Crippen LogP contribution < -0.4 is 0 Å². The maximum atomic E-state index is 5.79. The fourth-order valence-electron chi connectivity index (χ4n) is 2.40. The molecule has 0 saturated heterocycles. The van der Waals surface area contributed by atoms with Gasteiger partial charge >= 0.3 is 0 Å². The summed E-state index contributed by atoms with van der Waals surface area (Å²) < 4.78 is 5.79. The molecule has 0 fully saturated rings. The molecule has 0 spiro atoms. The summed E-state index contributed by atoms with van der Waals surface area (Å²) in [6, 6.07) is 19.9. The number of aromatic nitrogens is 2. The lowest BCUT2D eigenvalue weighted by Gasteiger charge is -1.97. The zero-order valence-corrected chi connectivity index (χ0v) is 12.4. The summed E-state index contributed by atoms with van der Waals surface area (Å²) in [5.74, 6) is 0.649. The van der Waals surface area contributed by atoms with Gasteiger partial charge in [0.05, 0.1) is 0 Å². The van der Waals surface area contributed by atoms with Crippen molar-refractivity contribution in [2.75, 3.05) is 0 Å². The number of rotatable bonds is 3. The van der Waals surface area contributed by atoms with Gasteiger partial charge in [-0.2, -0.15) is 0 Å². The molecule has 0 atom stereocenters. The maximum absolute atomic E-state index is 5.79. The summed E-state index contributed by atoms with van der Waals surface area (Å²) in [6.07, 6.45) is 7.72. The van der Waals surface area contributed by atoms with Crippen molar-refractivity contribution in [3.63, 3.8) is 0 Å². The van der Waals surface area contributed by atoms with E-state index in [1.54, 1.807) is 12.4 Å². The van der Waals surface area contributed by atoms with E-state index in [-0.39, 0.29) is 0 Å². The van der Waals surface area contributed by atoms with Crippen molar-refractivity contribution >= 4 is 23.3 Å². The molecule has 110 valence electrons. The van der Waals surface area contributed by atoms with Crippen LogP contribution in [0.15, 0.2) is 77.5 Å². The van der Waals surface area contributed by atoms with Gasteiger partial charge in [0.2, 0.25) is 5.89 Å². The van der Waals surface area contributed by atoms with E-state index in [2.05, 4.69) is 34.3 Å². The van der Waals surface area contributed by atoms with Crippen LogP contribution in [0.5, 0.6) is 0 Å². The zero-order valence-electron chi connectivity index (χ0n) is 12.4. The van der Waals surface area contributed by atoms with Gasteiger partial charge in [0.1, 0.15) is 5.52 Å². The summed E-state index contributed by atoms with van der Waals surface area (Å²) in [7, 11) is 0. The van der Waals surface area contributed by atoms with E-state index in [4.69, 9.17) is 4.42 Å². The maximum Gasteiger partial charge on any atom is 0.227 e. The highest BCUT2D eigenvalue weighted by Gasteiger charge is 2.06. The van der Waals surface area contributed by atoms with Gasteiger partial charge in [0, 0.05) is 18.0 Å². The average Bonchev–Trinajstić information content (AvgIpc) is 3.05. The number of hydrogen-bond acceptors (Lipinski definition) is 3. The van der Waals surface area contributed by atoms with Gasteiger partial charge in [-0.25, -0.2) is 4.98 Å². The Balaban J connectivity index is 1.59. The van der Waals surface area contributed by atoms with E-state index in [0.29, 0.717) is 5.89 Å². The van der Waals surface area contributed by atoms with E-state index >= 15 is 0 Å². The lowest BCUT2D eigenvalue weighted by atomic mass is 10.1. The molecule has 2 aromatic heterocycles. The molecule has 23 heavy (non-hydrogen) atoms. The fourth-order valence-corrected chi connectivity index (χ4v) is 2.40. The Bertz CT molecular complexity index is 921. The number of benzene rings is 2. The standard InChI is InChI=1S/C20H14N2O/c1-2-4-19-18(3-1)22-20(23-19)17-9-7-15(8-10-17)5-6-16-11-13-21-14-12-16/h1-14H/b6-5+. The first-order chi connectivity index (χ1) is 11.4. The minimum absolute atomic E-state index is 0.649. The van der Waals surface area contributed by atoms with E-state index < -0.39 is 0 Å². The number of hydrogen-bond donors (Lipinski definition) is 0. The molecule has 0 radical (unpaired) electrons. The van der Waals surface area contributed by atoms with E-state index in [9.17, 15) is 0 Å². The highest BCUT2D eigenvalue weighted by Crippen LogP contribution is 2.24. The highest BCUT2D eigenvalue weighted by molar-refractivity contribution is 5.76. The Morgan fingerprint density at radius 3 is 2.17 bits per heavy atom. The number of fused-ring (bicyclic) bond motifs is 1. The molecule has 3 heteroatoms. The van der Waals surface area contributed by atoms with E-state index in [1.807, 2.05) is 48.5 Å². The molecule has 0 aliphatic carbocycles. The van der Waals surface area contributed by atoms with Crippen molar-refractivity contribution in [1.82, 2.24) is 9.97 Å². The summed E-state index contributed by atoms with van der Waals surface area (Å²) >= 11 is 0. The lowest BCUT2D eigenvalue weighted by Crippen LogP contribution is -1.78. The topological polar surface area (TPSA) is 38.9 Å². The number of para-hydroxylation sites is 2. The molecule has 4 rings (SSSR count). The molecule has 2 aromatic carbocycles. The van der Waals surface area contributed by atoms with Gasteiger partial charge in [-0.15, -0.1) is 0 Å². The van der Waals surface area contributed by atoms with Crippen LogP contribution in [0, 0.1) is 0 Å². The van der Waals surface area contributed by atoms with E-state index in [0.717, 1.165) is 27.8 Å². The van der Waals surface area contributed by atoms with Crippen LogP contribution in [-0.4, -0.2) is 9.97 Å². The fraction of sp³-hybridized carbons (Fsp3) is 0. The molecule has 0 unspecified atom stereocenters. The Kier molecular flexibility index (Phi) is 3.45. The minimum Gasteiger partial charge on any atom is -0.436 e. The summed E-state index contributed by atoms with van der Waals surface area (Å²) in [5.41, 5.74) is 4.92. The van der Waals surface area contributed by atoms with Gasteiger partial charge in [-0.05, 0) is 47.5 Å². The second-order valence-corrected chi connectivity index (χ2v) is 5.22. The van der Waals surface area contributed by atoms with Crippen molar-refractivity contribution in [2.24, 2.45) is 0 Å². The third kappa shape index (κ3) is 2.90. The number of nitrogens with zero attached hydrogens (tertiary/aromatic N) is 2. The molecule has 0 saturated carbocycles. The summed E-state index contributed by atoms with van der Waals surface area (Å²) in [6.45, 7) is 0. The summed E-state index contributed by atoms with van der Waals surface area (Å²) in [4.78, 5) is 8.53. The number of oxazole rings is 1. The normalized spacial score (nSPS) is 11.3. The van der Waals surface area contributed by atoms with Crippen molar-refractivity contribution in [3.8, 4) is 11.5 Å². The second-order valence-electron chi connectivity index (χ2n) is 5.22. The van der Waals surface area contributed by atoms with Crippen LogP contribution in [0.3, 0.4) is 0 Å². The quantitative estimate of drug-likeness (QED) is 0.530. The monoisotopic (exact) mass is 298 g/mol. The Hall–Kier alpha value is -3.20. The van der Waals surface area contributed by atoms with Crippen molar-refractivity contribution < 1.29 is 4.42 Å². The molecule has 0 bridgehead atoms. The first kappa shape index (κ1) is 13.5. The summed E-state index contributed by atoms with van der Waals surface area (Å²) in [5, 5.41) is 0. The average molecular weight is 298 g/mol. The molecule has 0 aliphatic rings. The Labute approximate surface area is 134 Å². The van der Waals surface area contributed by atoms with Crippen LogP contribution in [0.25, 0.3) is 34.7 Å². The molecule has 0 amide bonds. The van der Waals surface area contributed by atoms with Gasteiger partial charge in [0.25, 0.3) is 0 Å². The Morgan fingerprint density at radius 2 is 1.43 bits per heavy atom. The smallest absolute Gasteiger partial charge is 0.227 e. The molecular formula is C20H14N2O. The first-order valence-electron chi connectivity index (χ1n) is 7.43. The van der Waals surface area contributed by atoms with Crippen LogP contribution in [0.4, 0.5) is 0 Å². The molecule has 0 N–H and O–H groups in total. The third-order valence-electron chi connectivity index (χ3n) is 3.63. The predicted molar refractivity (Wildman–Crippen MR) is 92.6 cm³/mol. The van der Waals surface area contributed by atoms with Gasteiger partial charge < -0.3 is 4.42 Å². The third-order valence-corrected chi connectivity index (χ3v) is 3.63. The van der Waals surface area contributed by atoms with Gasteiger partial charge in [-0.1, -0.05) is 36.4 Å². The molecule has 4 aromatic rings. The SMILES string of the molecule is C(=C\c1ccc(-c2nc3ccccc3o2)cc1)/c1ccncc1. The molecule has 3 nitrogen and oxygen atoms in total. The van der Waals surface area contributed by atoms with Crippen LogP contribution in [-0.2, 0) is 0 Å². The first-order valence-corrected chi connectivity index (χ1v) is 7.43. The van der Waals surface area contributed by atoms with Crippen LogP contribution in [0.1, 0.15) is 11.1 Å². The predicted octanol–water partition coefficient (Wildman–Crippen LogP) is 5.06. The molecule has 0 aliphatic heterocycles. The van der Waals surface area contributed by atoms with Crippen LogP contribution >= 0.6 is 0 Å². The van der Waals surface area contributed by atoms with Crippen molar-refractivity contribution in [1.29, 1.82) is 0 Å². The van der Waals surface area contributed by atoms with Gasteiger partial charge in [0.15, 0.2) is 5.58 Å². The molecule has 2 heterocycles. The molecular weight excluding hydrogens is 284 g/mol. The Morgan fingerprint density at radius 1 is 0.739 bits per heavy atom. The highest BCUT2D eigenvalue weighted by atomic mass is 16.3. The lowest BCUT2D eigenvalue weighted by molar-refractivity contribution is 0.620. The number of pyridine rings is 1.